The lowest BCUT2D eigenvalue weighted by atomic mass is 10.2. The number of benzene rings is 1. The number of aromatic nitrogens is 2. The van der Waals surface area contributed by atoms with Crippen LogP contribution in [0.4, 0.5) is 11.5 Å². The fourth-order valence-corrected chi connectivity index (χ4v) is 2.04. The van der Waals surface area contributed by atoms with E-state index < -0.39 is 0 Å². The summed E-state index contributed by atoms with van der Waals surface area (Å²) in [5, 5.41) is 6.67. The highest BCUT2D eigenvalue weighted by Gasteiger charge is 2.16. The number of anilines is 2. The Morgan fingerprint density at radius 1 is 1.18 bits per heavy atom. The van der Waals surface area contributed by atoms with Crippen LogP contribution < -0.4 is 10.6 Å². The van der Waals surface area contributed by atoms with Gasteiger partial charge in [-0.1, -0.05) is 18.2 Å². The topological polar surface area (TPSA) is 49.8 Å². The second kappa shape index (κ2) is 4.14. The van der Waals surface area contributed by atoms with Gasteiger partial charge in [-0.05, 0) is 18.6 Å². The summed E-state index contributed by atoms with van der Waals surface area (Å²) in [6.07, 6.45) is 1.62. The molecule has 1 aromatic heterocycles. The van der Waals surface area contributed by atoms with Gasteiger partial charge < -0.3 is 10.6 Å². The largest absolute Gasteiger partial charge is 0.340 e. The summed E-state index contributed by atoms with van der Waals surface area (Å²) in [5.74, 6) is 0.911. The third kappa shape index (κ3) is 1.87. The van der Waals surface area contributed by atoms with Crippen LogP contribution >= 0.6 is 0 Å². The summed E-state index contributed by atoms with van der Waals surface area (Å²) < 4.78 is 0. The molecule has 0 aliphatic carbocycles. The highest BCUT2D eigenvalue weighted by atomic mass is 15.1. The molecule has 0 spiro atoms. The fraction of sp³-hybridized carbons (Fsp3) is 0.231. The van der Waals surface area contributed by atoms with Crippen molar-refractivity contribution < 1.29 is 0 Å². The van der Waals surface area contributed by atoms with Crippen molar-refractivity contribution in [3.8, 4) is 0 Å². The number of hydrogen-bond acceptors (Lipinski definition) is 4. The quantitative estimate of drug-likeness (QED) is 0.823. The van der Waals surface area contributed by atoms with Gasteiger partial charge in [-0.15, -0.1) is 0 Å². The maximum atomic E-state index is 4.32. The molecule has 0 amide bonds. The number of nitrogens with one attached hydrogen (secondary N) is 2. The minimum absolute atomic E-state index is 0.834. The van der Waals surface area contributed by atoms with E-state index in [1.807, 2.05) is 12.1 Å². The van der Waals surface area contributed by atoms with Crippen LogP contribution in [-0.2, 0) is 13.1 Å². The molecule has 1 aliphatic heterocycles. The van der Waals surface area contributed by atoms with Crippen molar-refractivity contribution in [1.82, 2.24) is 15.3 Å². The van der Waals surface area contributed by atoms with Crippen molar-refractivity contribution in [3.63, 3.8) is 0 Å². The Labute approximate surface area is 100 Å². The first-order valence-electron chi connectivity index (χ1n) is 5.71. The molecule has 86 valence electrons. The van der Waals surface area contributed by atoms with E-state index in [0.717, 1.165) is 30.3 Å². The molecule has 17 heavy (non-hydrogen) atoms. The van der Waals surface area contributed by atoms with E-state index in [-0.39, 0.29) is 0 Å². The second-order valence-corrected chi connectivity index (χ2v) is 4.19. The average molecular weight is 226 g/mol. The van der Waals surface area contributed by atoms with Crippen LogP contribution in [0, 0.1) is 6.92 Å². The molecule has 4 nitrogen and oxygen atoms in total. The number of aryl methyl sites for hydroxylation is 1. The molecular formula is C13H14N4. The van der Waals surface area contributed by atoms with E-state index in [1.54, 1.807) is 6.33 Å². The van der Waals surface area contributed by atoms with E-state index in [1.165, 1.54) is 11.1 Å². The van der Waals surface area contributed by atoms with Gasteiger partial charge in [-0.3, -0.25) is 0 Å². The summed E-state index contributed by atoms with van der Waals surface area (Å²) >= 11 is 0. The Morgan fingerprint density at radius 2 is 2.06 bits per heavy atom. The van der Waals surface area contributed by atoms with Gasteiger partial charge in [0.25, 0.3) is 0 Å². The third-order valence-electron chi connectivity index (χ3n) is 3.03. The highest BCUT2D eigenvalue weighted by Crippen LogP contribution is 2.24. The predicted molar refractivity (Wildman–Crippen MR) is 67.0 cm³/mol. The molecule has 1 aliphatic rings. The molecule has 3 rings (SSSR count). The van der Waals surface area contributed by atoms with Crippen molar-refractivity contribution in [2.45, 2.75) is 20.0 Å². The van der Waals surface area contributed by atoms with Gasteiger partial charge in [0, 0.05) is 24.3 Å². The van der Waals surface area contributed by atoms with E-state index in [2.05, 4.69) is 39.7 Å². The minimum atomic E-state index is 0.834. The van der Waals surface area contributed by atoms with Gasteiger partial charge >= 0.3 is 0 Å². The van der Waals surface area contributed by atoms with Crippen LogP contribution in [0.5, 0.6) is 0 Å². The van der Waals surface area contributed by atoms with Gasteiger partial charge in [-0.25, -0.2) is 9.97 Å². The zero-order valence-corrected chi connectivity index (χ0v) is 9.70. The van der Waals surface area contributed by atoms with Crippen LogP contribution in [0.3, 0.4) is 0 Å². The molecule has 0 saturated heterocycles. The van der Waals surface area contributed by atoms with Crippen LogP contribution in [-0.4, -0.2) is 9.97 Å². The molecule has 0 saturated carbocycles. The Balaban J connectivity index is 1.97. The van der Waals surface area contributed by atoms with Crippen molar-refractivity contribution in [3.05, 3.63) is 47.4 Å². The molecule has 2 N–H and O–H groups in total. The molecule has 0 bridgehead atoms. The van der Waals surface area contributed by atoms with Crippen LogP contribution in [0.25, 0.3) is 0 Å². The Hall–Kier alpha value is -1.94. The molecule has 1 aromatic carbocycles. The van der Waals surface area contributed by atoms with E-state index >= 15 is 0 Å². The van der Waals surface area contributed by atoms with Gasteiger partial charge in [0.15, 0.2) is 0 Å². The van der Waals surface area contributed by atoms with Crippen molar-refractivity contribution in [2.24, 2.45) is 0 Å². The molecule has 0 unspecified atom stereocenters. The number of fused-ring (bicyclic) bond motifs is 1. The van der Waals surface area contributed by atoms with Gasteiger partial charge in [-0.2, -0.15) is 0 Å². The normalized spacial score (nSPS) is 13.5. The lowest BCUT2D eigenvalue weighted by Crippen LogP contribution is -2.02. The zero-order chi connectivity index (χ0) is 11.7. The molecule has 0 fully saturated rings. The Kier molecular flexibility index (Phi) is 2.49. The van der Waals surface area contributed by atoms with Gasteiger partial charge in [0.2, 0.25) is 0 Å². The number of nitrogens with zero attached hydrogens (tertiary/aromatic N) is 2. The standard InChI is InChI=1S/C13H14N4/c1-9-4-2-3-5-11(9)17-13-10-6-14-7-12(10)15-8-16-13/h2-5,8,14H,6-7H2,1H3,(H,15,16,17). The molecule has 2 heterocycles. The van der Waals surface area contributed by atoms with Crippen LogP contribution in [0.2, 0.25) is 0 Å². The molecule has 0 radical (unpaired) electrons. The fourth-order valence-electron chi connectivity index (χ4n) is 2.04. The van der Waals surface area contributed by atoms with Crippen molar-refractivity contribution in [2.75, 3.05) is 5.32 Å². The molecular weight excluding hydrogens is 212 g/mol. The van der Waals surface area contributed by atoms with Crippen LogP contribution in [0.15, 0.2) is 30.6 Å². The average Bonchev–Trinajstić information content (AvgIpc) is 2.81. The summed E-state index contributed by atoms with van der Waals surface area (Å²) in [6.45, 7) is 3.76. The number of hydrogen-bond donors (Lipinski definition) is 2. The van der Waals surface area contributed by atoms with Gasteiger partial charge in [0.05, 0.1) is 5.69 Å². The minimum Gasteiger partial charge on any atom is -0.340 e. The van der Waals surface area contributed by atoms with E-state index in [0.29, 0.717) is 0 Å². The molecule has 0 atom stereocenters. The Bertz CT molecular complexity index is 551. The van der Waals surface area contributed by atoms with Gasteiger partial charge in [0.1, 0.15) is 12.1 Å². The number of rotatable bonds is 2. The summed E-state index contributed by atoms with van der Waals surface area (Å²) in [7, 11) is 0. The monoisotopic (exact) mass is 226 g/mol. The van der Waals surface area contributed by atoms with E-state index in [9.17, 15) is 0 Å². The predicted octanol–water partition coefficient (Wildman–Crippen LogP) is 2.13. The molecule has 4 heteroatoms. The number of para-hydroxylation sites is 1. The smallest absolute Gasteiger partial charge is 0.138 e. The summed E-state index contributed by atoms with van der Waals surface area (Å²) in [6, 6.07) is 8.20. The van der Waals surface area contributed by atoms with E-state index in [4.69, 9.17) is 0 Å². The second-order valence-electron chi connectivity index (χ2n) is 4.19. The van der Waals surface area contributed by atoms with Crippen molar-refractivity contribution >= 4 is 11.5 Å². The highest BCUT2D eigenvalue weighted by molar-refractivity contribution is 5.63. The SMILES string of the molecule is Cc1ccccc1Nc1ncnc2c1CNC2. The lowest BCUT2D eigenvalue weighted by molar-refractivity contribution is 0.758. The third-order valence-corrected chi connectivity index (χ3v) is 3.03. The zero-order valence-electron chi connectivity index (χ0n) is 9.70. The maximum Gasteiger partial charge on any atom is 0.138 e. The first-order valence-corrected chi connectivity index (χ1v) is 5.71. The first-order chi connectivity index (χ1) is 8.34. The summed E-state index contributed by atoms with van der Waals surface area (Å²) in [4.78, 5) is 8.59. The Morgan fingerprint density at radius 3 is 2.94 bits per heavy atom. The molecule has 2 aromatic rings. The van der Waals surface area contributed by atoms with Crippen molar-refractivity contribution in [1.29, 1.82) is 0 Å². The lowest BCUT2D eigenvalue weighted by Gasteiger charge is -2.11. The summed E-state index contributed by atoms with van der Waals surface area (Å²) in [5.41, 5.74) is 4.58. The van der Waals surface area contributed by atoms with Crippen LogP contribution in [0.1, 0.15) is 16.8 Å². The maximum absolute atomic E-state index is 4.32. The first kappa shape index (κ1) is 10.2.